The zero-order chi connectivity index (χ0) is 13.8. The van der Waals surface area contributed by atoms with Crippen LogP contribution in [0.2, 0.25) is 15.1 Å². The van der Waals surface area contributed by atoms with Gasteiger partial charge in [-0.2, -0.15) is 5.48 Å². The Morgan fingerprint density at radius 1 is 0.947 bits per heavy atom. The summed E-state index contributed by atoms with van der Waals surface area (Å²) in [4.78, 5) is 16.9. The fourth-order valence-corrected chi connectivity index (χ4v) is 1.94. The summed E-state index contributed by atoms with van der Waals surface area (Å²) in [6, 6.07) is 11.3. The Labute approximate surface area is 125 Å². The smallest absolute Gasteiger partial charge is 0.283 e. The van der Waals surface area contributed by atoms with Crippen LogP contribution in [-0.2, 0) is 0 Å². The minimum Gasteiger partial charge on any atom is -0.376 e. The fourth-order valence-electron chi connectivity index (χ4n) is 1.34. The lowest BCUT2D eigenvalue weighted by atomic mass is 10.2. The van der Waals surface area contributed by atoms with E-state index in [9.17, 15) is 4.79 Å². The average Bonchev–Trinajstić information content (AvgIpc) is 2.38. The van der Waals surface area contributed by atoms with Crippen LogP contribution < -0.4 is 10.3 Å². The molecular formula is C13H8Cl3NO2. The van der Waals surface area contributed by atoms with Crippen LogP contribution in [0.5, 0.6) is 5.75 Å². The molecule has 0 unspecified atom stereocenters. The molecule has 0 aliphatic heterocycles. The average molecular weight is 317 g/mol. The third-order valence-corrected chi connectivity index (χ3v) is 3.12. The summed E-state index contributed by atoms with van der Waals surface area (Å²) >= 11 is 17.5. The van der Waals surface area contributed by atoms with Gasteiger partial charge in [-0.3, -0.25) is 4.79 Å². The number of benzene rings is 2. The second kappa shape index (κ2) is 6.15. The van der Waals surface area contributed by atoms with E-state index in [-0.39, 0.29) is 5.75 Å². The van der Waals surface area contributed by atoms with E-state index >= 15 is 0 Å². The van der Waals surface area contributed by atoms with Crippen LogP contribution in [0.25, 0.3) is 0 Å². The van der Waals surface area contributed by atoms with Gasteiger partial charge in [-0.25, -0.2) is 0 Å². The van der Waals surface area contributed by atoms with Gasteiger partial charge in [0.25, 0.3) is 5.91 Å². The van der Waals surface area contributed by atoms with Crippen LogP contribution >= 0.6 is 34.8 Å². The minimum absolute atomic E-state index is 0.202. The van der Waals surface area contributed by atoms with E-state index in [2.05, 4.69) is 5.48 Å². The molecule has 1 amide bonds. The highest BCUT2D eigenvalue weighted by Crippen LogP contribution is 2.31. The lowest BCUT2D eigenvalue weighted by Gasteiger charge is -2.09. The molecule has 0 saturated heterocycles. The summed E-state index contributed by atoms with van der Waals surface area (Å²) < 4.78 is 0. The summed E-state index contributed by atoms with van der Waals surface area (Å²) in [6.07, 6.45) is 0. The third-order valence-electron chi connectivity index (χ3n) is 2.27. The number of hydrogen-bond acceptors (Lipinski definition) is 2. The first-order valence-corrected chi connectivity index (χ1v) is 6.38. The second-order valence-electron chi connectivity index (χ2n) is 3.59. The number of halogens is 3. The Bertz CT molecular complexity index is 579. The molecule has 2 rings (SSSR count). The maximum absolute atomic E-state index is 11.8. The summed E-state index contributed by atoms with van der Waals surface area (Å²) in [6.45, 7) is 0. The van der Waals surface area contributed by atoms with Crippen molar-refractivity contribution < 1.29 is 9.63 Å². The summed E-state index contributed by atoms with van der Waals surface area (Å²) in [5.41, 5.74) is 2.68. The summed E-state index contributed by atoms with van der Waals surface area (Å²) in [7, 11) is 0. The lowest BCUT2D eigenvalue weighted by Crippen LogP contribution is -2.27. The third kappa shape index (κ3) is 3.53. The van der Waals surface area contributed by atoms with Gasteiger partial charge in [0.15, 0.2) is 5.75 Å². The van der Waals surface area contributed by atoms with Gasteiger partial charge in [0.1, 0.15) is 0 Å². The highest BCUT2D eigenvalue weighted by molar-refractivity contribution is 6.37. The molecule has 0 aliphatic rings. The number of rotatable bonds is 3. The SMILES string of the molecule is O=C(NOc1c(Cl)cccc1Cl)c1ccc(Cl)cc1. The van der Waals surface area contributed by atoms with E-state index in [4.69, 9.17) is 39.6 Å². The molecule has 0 heterocycles. The molecule has 98 valence electrons. The minimum atomic E-state index is -0.423. The zero-order valence-corrected chi connectivity index (χ0v) is 11.8. The first kappa shape index (κ1) is 14.0. The van der Waals surface area contributed by atoms with Gasteiger partial charge in [0, 0.05) is 10.6 Å². The molecule has 19 heavy (non-hydrogen) atoms. The van der Waals surface area contributed by atoms with Gasteiger partial charge in [-0.15, -0.1) is 0 Å². The topological polar surface area (TPSA) is 38.3 Å². The Kier molecular flexibility index (Phi) is 4.53. The Hall–Kier alpha value is -1.42. The van der Waals surface area contributed by atoms with Crippen molar-refractivity contribution in [3.05, 3.63) is 63.1 Å². The molecule has 0 bridgehead atoms. The van der Waals surface area contributed by atoms with E-state index in [0.717, 1.165) is 0 Å². The van der Waals surface area contributed by atoms with Gasteiger partial charge in [0.2, 0.25) is 0 Å². The number of nitrogens with one attached hydrogen (secondary N) is 1. The Balaban J connectivity index is 2.06. The van der Waals surface area contributed by atoms with Crippen LogP contribution in [0.1, 0.15) is 10.4 Å². The normalized spacial score (nSPS) is 10.1. The van der Waals surface area contributed by atoms with Crippen molar-refractivity contribution in [1.82, 2.24) is 5.48 Å². The molecule has 0 radical (unpaired) electrons. The monoisotopic (exact) mass is 315 g/mol. The Morgan fingerprint density at radius 3 is 2.11 bits per heavy atom. The largest absolute Gasteiger partial charge is 0.376 e. The van der Waals surface area contributed by atoms with Gasteiger partial charge in [-0.1, -0.05) is 40.9 Å². The van der Waals surface area contributed by atoms with Gasteiger partial charge >= 0.3 is 0 Å². The number of carbonyl (C=O) groups is 1. The van der Waals surface area contributed by atoms with Gasteiger partial charge in [-0.05, 0) is 36.4 Å². The van der Waals surface area contributed by atoms with Crippen LogP contribution in [0.15, 0.2) is 42.5 Å². The Morgan fingerprint density at radius 2 is 1.53 bits per heavy atom. The van der Waals surface area contributed by atoms with Gasteiger partial charge < -0.3 is 4.84 Å². The first-order valence-electron chi connectivity index (χ1n) is 5.24. The molecule has 2 aromatic carbocycles. The van der Waals surface area contributed by atoms with Crippen molar-refractivity contribution in [3.8, 4) is 5.75 Å². The predicted molar refractivity (Wildman–Crippen MR) is 76.0 cm³/mol. The standard InChI is InChI=1S/C13H8Cl3NO2/c14-9-6-4-8(5-7-9)13(18)17-19-12-10(15)2-1-3-11(12)16/h1-7H,(H,17,18). The molecular weight excluding hydrogens is 309 g/mol. The summed E-state index contributed by atoms with van der Waals surface area (Å²) in [5.74, 6) is -0.221. The molecule has 0 fully saturated rings. The number of hydrogen-bond donors (Lipinski definition) is 1. The van der Waals surface area contributed by atoms with E-state index in [1.54, 1.807) is 42.5 Å². The van der Waals surface area contributed by atoms with Crippen molar-refractivity contribution in [1.29, 1.82) is 0 Å². The molecule has 2 aromatic rings. The first-order chi connectivity index (χ1) is 9.08. The quantitative estimate of drug-likeness (QED) is 0.854. The van der Waals surface area contributed by atoms with Crippen molar-refractivity contribution in [3.63, 3.8) is 0 Å². The highest BCUT2D eigenvalue weighted by atomic mass is 35.5. The molecule has 0 spiro atoms. The number of amides is 1. The van der Waals surface area contributed by atoms with E-state index < -0.39 is 5.91 Å². The van der Waals surface area contributed by atoms with E-state index in [0.29, 0.717) is 20.6 Å². The van der Waals surface area contributed by atoms with Crippen LogP contribution in [-0.4, -0.2) is 5.91 Å². The molecule has 0 aliphatic carbocycles. The molecule has 0 saturated carbocycles. The van der Waals surface area contributed by atoms with Crippen molar-refractivity contribution >= 4 is 40.7 Å². The number of para-hydroxylation sites is 1. The zero-order valence-electron chi connectivity index (χ0n) is 9.49. The molecule has 1 N–H and O–H groups in total. The maximum Gasteiger partial charge on any atom is 0.283 e. The molecule has 0 aromatic heterocycles. The van der Waals surface area contributed by atoms with E-state index in [1.165, 1.54) is 0 Å². The predicted octanol–water partition coefficient (Wildman–Crippen LogP) is 4.37. The van der Waals surface area contributed by atoms with Crippen molar-refractivity contribution in [2.75, 3.05) is 0 Å². The van der Waals surface area contributed by atoms with Crippen LogP contribution in [0, 0.1) is 0 Å². The van der Waals surface area contributed by atoms with Crippen molar-refractivity contribution in [2.24, 2.45) is 0 Å². The molecule has 6 heteroatoms. The lowest BCUT2D eigenvalue weighted by molar-refractivity contribution is 0.0760. The van der Waals surface area contributed by atoms with Crippen molar-refractivity contribution in [2.45, 2.75) is 0 Å². The fraction of sp³-hybridized carbons (Fsp3) is 0. The van der Waals surface area contributed by atoms with Crippen LogP contribution in [0.3, 0.4) is 0 Å². The number of hydroxylamine groups is 1. The maximum atomic E-state index is 11.8. The second-order valence-corrected chi connectivity index (χ2v) is 4.84. The van der Waals surface area contributed by atoms with Gasteiger partial charge in [0.05, 0.1) is 10.0 Å². The van der Waals surface area contributed by atoms with Crippen LogP contribution in [0.4, 0.5) is 0 Å². The molecule has 3 nitrogen and oxygen atoms in total. The van der Waals surface area contributed by atoms with E-state index in [1.807, 2.05) is 0 Å². The molecule has 0 atom stereocenters. The number of carbonyl (C=O) groups excluding carboxylic acids is 1. The highest BCUT2D eigenvalue weighted by Gasteiger charge is 2.10. The summed E-state index contributed by atoms with van der Waals surface area (Å²) in [5, 5.41) is 1.17.